The summed E-state index contributed by atoms with van der Waals surface area (Å²) < 4.78 is 0. The second-order valence-electron chi connectivity index (χ2n) is 4.63. The lowest BCUT2D eigenvalue weighted by molar-refractivity contribution is -0.138. The molecule has 0 saturated heterocycles. The summed E-state index contributed by atoms with van der Waals surface area (Å²) in [7, 11) is 0. The number of carbonyl (C=O) groups excluding carboxylic acids is 1. The van der Waals surface area contributed by atoms with Gasteiger partial charge >= 0.3 is 5.97 Å². The second kappa shape index (κ2) is 6.28. The maximum atomic E-state index is 11.7. The zero-order valence-electron chi connectivity index (χ0n) is 10.6. The van der Waals surface area contributed by atoms with E-state index >= 15 is 0 Å². The smallest absolute Gasteiger partial charge is 0.303 e. The molecule has 0 aromatic heterocycles. The first-order chi connectivity index (χ1) is 8.03. The summed E-state index contributed by atoms with van der Waals surface area (Å²) in [6.45, 7) is 5.43. The first kappa shape index (κ1) is 14.4. The van der Waals surface area contributed by atoms with Gasteiger partial charge in [0.2, 0.25) is 5.91 Å². The highest BCUT2D eigenvalue weighted by Gasteiger charge is 2.44. The molecule has 1 amide bonds. The molecule has 1 rings (SSSR count). The largest absolute Gasteiger partial charge is 0.481 e. The van der Waals surface area contributed by atoms with Gasteiger partial charge in [0.25, 0.3) is 0 Å². The van der Waals surface area contributed by atoms with Crippen LogP contribution in [0.15, 0.2) is 0 Å². The lowest BCUT2D eigenvalue weighted by Gasteiger charge is -2.19. The Hall–Kier alpha value is -0.710. The van der Waals surface area contributed by atoms with E-state index in [0.29, 0.717) is 5.75 Å². The van der Waals surface area contributed by atoms with Crippen LogP contribution in [0.4, 0.5) is 0 Å². The van der Waals surface area contributed by atoms with Crippen LogP contribution < -0.4 is 0 Å². The molecular formula is C12H21NO3S. The monoisotopic (exact) mass is 259 g/mol. The van der Waals surface area contributed by atoms with Crippen molar-refractivity contribution in [1.82, 2.24) is 4.90 Å². The second-order valence-corrected chi connectivity index (χ2v) is 5.61. The van der Waals surface area contributed by atoms with E-state index in [2.05, 4.69) is 0 Å². The third-order valence-electron chi connectivity index (χ3n) is 3.23. The van der Waals surface area contributed by atoms with Crippen molar-refractivity contribution in [2.24, 2.45) is 5.41 Å². The summed E-state index contributed by atoms with van der Waals surface area (Å²) >= 11 is 1.58. The number of nitrogens with zero attached hydrogens (tertiary/aromatic N) is 1. The molecule has 5 heteroatoms. The topological polar surface area (TPSA) is 57.6 Å². The van der Waals surface area contributed by atoms with Crippen LogP contribution in [-0.4, -0.2) is 46.5 Å². The molecule has 0 spiro atoms. The number of hydrogen-bond acceptors (Lipinski definition) is 3. The molecule has 1 aliphatic carbocycles. The molecule has 1 fully saturated rings. The zero-order valence-corrected chi connectivity index (χ0v) is 11.4. The number of hydrogen-bond donors (Lipinski definition) is 1. The van der Waals surface area contributed by atoms with Gasteiger partial charge in [-0.2, -0.15) is 11.8 Å². The van der Waals surface area contributed by atoms with Crippen molar-refractivity contribution in [3.8, 4) is 0 Å². The number of amides is 1. The molecule has 1 aliphatic rings. The Morgan fingerprint density at radius 2 is 1.88 bits per heavy atom. The quantitative estimate of drug-likeness (QED) is 0.722. The van der Waals surface area contributed by atoms with Crippen LogP contribution in [-0.2, 0) is 9.59 Å². The number of rotatable bonds is 8. The van der Waals surface area contributed by atoms with Crippen molar-refractivity contribution in [2.45, 2.75) is 33.1 Å². The Morgan fingerprint density at radius 1 is 1.29 bits per heavy atom. The summed E-state index contributed by atoms with van der Waals surface area (Å²) in [5.41, 5.74) is -0.0138. The van der Waals surface area contributed by atoms with Gasteiger partial charge in [-0.25, -0.2) is 0 Å². The Morgan fingerprint density at radius 3 is 2.29 bits per heavy atom. The van der Waals surface area contributed by atoms with E-state index in [1.54, 1.807) is 11.8 Å². The van der Waals surface area contributed by atoms with E-state index < -0.39 is 5.97 Å². The molecule has 1 N–H and O–H groups in total. The van der Waals surface area contributed by atoms with Gasteiger partial charge in [0, 0.05) is 13.1 Å². The minimum absolute atomic E-state index is 0.0138. The van der Waals surface area contributed by atoms with Gasteiger partial charge in [0.15, 0.2) is 0 Å². The van der Waals surface area contributed by atoms with Gasteiger partial charge in [-0.05, 0) is 37.9 Å². The summed E-state index contributed by atoms with van der Waals surface area (Å²) in [6, 6.07) is 0. The number of carbonyl (C=O) groups is 2. The summed E-state index contributed by atoms with van der Waals surface area (Å²) in [6.07, 6.45) is 2.23. The van der Waals surface area contributed by atoms with E-state index in [0.717, 1.165) is 31.7 Å². The van der Waals surface area contributed by atoms with Crippen LogP contribution >= 0.6 is 11.8 Å². The van der Waals surface area contributed by atoms with E-state index in [9.17, 15) is 9.59 Å². The zero-order chi connectivity index (χ0) is 12.9. The van der Waals surface area contributed by atoms with Gasteiger partial charge in [-0.3, -0.25) is 9.59 Å². The standard InChI is InChI=1S/C12H21NO3S/c1-3-13(4-2)10(14)8-17-9-12(5-6-12)7-11(15)16/h3-9H2,1-2H3,(H,15,16). The van der Waals surface area contributed by atoms with Gasteiger partial charge < -0.3 is 10.0 Å². The Kier molecular flexibility index (Phi) is 5.31. The van der Waals surface area contributed by atoms with Crippen LogP contribution in [0.25, 0.3) is 0 Å². The molecule has 17 heavy (non-hydrogen) atoms. The average molecular weight is 259 g/mol. The number of carboxylic acids is 1. The molecule has 0 heterocycles. The maximum absolute atomic E-state index is 11.7. The molecule has 0 bridgehead atoms. The van der Waals surface area contributed by atoms with Crippen LogP contribution in [0.5, 0.6) is 0 Å². The highest BCUT2D eigenvalue weighted by Crippen LogP contribution is 2.50. The van der Waals surface area contributed by atoms with Crippen molar-refractivity contribution in [3.05, 3.63) is 0 Å². The molecule has 0 radical (unpaired) electrons. The van der Waals surface area contributed by atoms with E-state index in [1.165, 1.54) is 0 Å². The van der Waals surface area contributed by atoms with Crippen molar-refractivity contribution < 1.29 is 14.7 Å². The third-order valence-corrected chi connectivity index (χ3v) is 4.50. The van der Waals surface area contributed by atoms with Crippen molar-refractivity contribution in [2.75, 3.05) is 24.6 Å². The Bertz CT molecular complexity index is 285. The number of carboxylic acid groups (broad SMARTS) is 1. The normalized spacial score (nSPS) is 16.6. The average Bonchev–Trinajstić information content (AvgIpc) is 2.99. The molecule has 4 nitrogen and oxygen atoms in total. The number of thioether (sulfide) groups is 1. The third kappa shape index (κ3) is 4.58. The van der Waals surface area contributed by atoms with E-state index in [4.69, 9.17) is 5.11 Å². The first-order valence-corrected chi connectivity index (χ1v) is 7.26. The Balaban J connectivity index is 2.24. The SMILES string of the molecule is CCN(CC)C(=O)CSCC1(CC(=O)O)CC1. The first-order valence-electron chi connectivity index (χ1n) is 6.10. The van der Waals surface area contributed by atoms with Crippen LogP contribution in [0.3, 0.4) is 0 Å². The fraction of sp³-hybridized carbons (Fsp3) is 0.833. The Labute approximate surface area is 107 Å². The van der Waals surface area contributed by atoms with Crippen molar-refractivity contribution >= 4 is 23.6 Å². The lowest BCUT2D eigenvalue weighted by Crippen LogP contribution is -2.32. The molecule has 0 unspecified atom stereocenters. The minimum atomic E-state index is -0.724. The molecule has 0 aromatic rings. The predicted octanol–water partition coefficient (Wildman–Crippen LogP) is 1.84. The van der Waals surface area contributed by atoms with Crippen LogP contribution in [0.2, 0.25) is 0 Å². The summed E-state index contributed by atoms with van der Waals surface area (Å²) in [5.74, 6) is 0.708. The molecule has 0 aliphatic heterocycles. The maximum Gasteiger partial charge on any atom is 0.303 e. The highest BCUT2D eigenvalue weighted by molar-refractivity contribution is 7.99. The van der Waals surface area contributed by atoms with Crippen molar-refractivity contribution in [1.29, 1.82) is 0 Å². The minimum Gasteiger partial charge on any atom is -0.481 e. The van der Waals surface area contributed by atoms with Crippen LogP contribution in [0.1, 0.15) is 33.1 Å². The van der Waals surface area contributed by atoms with Gasteiger partial charge in [-0.1, -0.05) is 0 Å². The van der Waals surface area contributed by atoms with Crippen LogP contribution in [0, 0.1) is 5.41 Å². The molecule has 0 aromatic carbocycles. The van der Waals surface area contributed by atoms with E-state index in [-0.39, 0.29) is 17.7 Å². The lowest BCUT2D eigenvalue weighted by atomic mass is 10.1. The fourth-order valence-electron chi connectivity index (χ4n) is 1.89. The predicted molar refractivity (Wildman–Crippen MR) is 69.2 cm³/mol. The van der Waals surface area contributed by atoms with Gasteiger partial charge in [-0.15, -0.1) is 0 Å². The number of aliphatic carboxylic acids is 1. The summed E-state index contributed by atoms with van der Waals surface area (Å²) in [4.78, 5) is 24.2. The van der Waals surface area contributed by atoms with Gasteiger partial charge in [0.1, 0.15) is 0 Å². The fourth-order valence-corrected chi connectivity index (χ4v) is 3.18. The molecule has 1 saturated carbocycles. The van der Waals surface area contributed by atoms with Gasteiger partial charge in [0.05, 0.1) is 12.2 Å². The van der Waals surface area contributed by atoms with E-state index in [1.807, 2.05) is 18.7 Å². The molecule has 0 atom stereocenters. The molecule has 98 valence electrons. The summed E-state index contributed by atoms with van der Waals surface area (Å²) in [5, 5.41) is 8.78. The molecular weight excluding hydrogens is 238 g/mol. The highest BCUT2D eigenvalue weighted by atomic mass is 32.2. The van der Waals surface area contributed by atoms with Crippen molar-refractivity contribution in [3.63, 3.8) is 0 Å².